The van der Waals surface area contributed by atoms with Crippen molar-refractivity contribution in [1.29, 1.82) is 0 Å². The second-order valence-corrected chi connectivity index (χ2v) is 7.07. The van der Waals surface area contributed by atoms with E-state index in [1.54, 1.807) is 7.11 Å². The van der Waals surface area contributed by atoms with E-state index in [1.165, 1.54) is 22.1 Å². The highest BCUT2D eigenvalue weighted by molar-refractivity contribution is 6.07. The van der Waals surface area contributed by atoms with Gasteiger partial charge in [0.15, 0.2) is 0 Å². The maximum atomic E-state index is 5.26. The Hall–Kier alpha value is -3.59. The summed E-state index contributed by atoms with van der Waals surface area (Å²) in [5.74, 6) is 0.866. The number of aryl methyl sites for hydroxylation is 1. The summed E-state index contributed by atoms with van der Waals surface area (Å²) in [7, 11) is 1.69. The highest BCUT2D eigenvalue weighted by Gasteiger charge is 2.09. The highest BCUT2D eigenvalue weighted by Crippen LogP contribution is 2.31. The quantitative estimate of drug-likeness (QED) is 0.404. The van der Waals surface area contributed by atoms with Gasteiger partial charge in [-0.15, -0.1) is 0 Å². The number of nitrogens with zero attached hydrogens (tertiary/aromatic N) is 1. The monoisotopic (exact) mass is 364 g/mol. The fraction of sp³-hybridized carbons (Fsp3) is 0.0800. The number of rotatable bonds is 3. The number of aromatic amines is 1. The molecule has 0 spiro atoms. The smallest absolute Gasteiger partial charge is 0.139 e. The van der Waals surface area contributed by atoms with Gasteiger partial charge in [0.25, 0.3) is 0 Å². The summed E-state index contributed by atoms with van der Waals surface area (Å²) in [4.78, 5) is 8.33. The average Bonchev–Trinajstić information content (AvgIpc) is 3.11. The molecule has 0 aliphatic heterocycles. The van der Waals surface area contributed by atoms with Gasteiger partial charge in [-0.25, -0.2) is 4.98 Å². The number of ether oxygens (including phenoxy) is 1. The van der Waals surface area contributed by atoms with E-state index in [2.05, 4.69) is 78.6 Å². The molecule has 2 heterocycles. The highest BCUT2D eigenvalue weighted by atomic mass is 16.5. The lowest BCUT2D eigenvalue weighted by Gasteiger charge is -2.04. The standard InChI is InChI=1S/C25H20N2O/c1-16-3-5-18(6-4-16)23-14-12-21-22-15-19(9-13-24(22)27-25(21)26-23)17-7-10-20(28-2)11-8-17/h3-15H,1-2H3,(H,26,27). The Morgan fingerprint density at radius 1 is 0.714 bits per heavy atom. The summed E-state index contributed by atoms with van der Waals surface area (Å²) in [6, 6.07) is 27.4. The van der Waals surface area contributed by atoms with Crippen molar-refractivity contribution in [3.05, 3.63) is 84.4 Å². The van der Waals surface area contributed by atoms with Crippen molar-refractivity contribution < 1.29 is 4.74 Å². The molecule has 0 atom stereocenters. The zero-order valence-electron chi connectivity index (χ0n) is 15.9. The Morgan fingerprint density at radius 2 is 1.43 bits per heavy atom. The maximum Gasteiger partial charge on any atom is 0.139 e. The van der Waals surface area contributed by atoms with Crippen molar-refractivity contribution in [2.75, 3.05) is 7.11 Å². The van der Waals surface area contributed by atoms with Crippen LogP contribution in [0.3, 0.4) is 0 Å². The SMILES string of the molecule is COc1ccc(-c2ccc3[nH]c4nc(-c5ccc(C)cc5)ccc4c3c2)cc1. The van der Waals surface area contributed by atoms with E-state index in [9.17, 15) is 0 Å². The van der Waals surface area contributed by atoms with Crippen LogP contribution in [0.4, 0.5) is 0 Å². The van der Waals surface area contributed by atoms with E-state index >= 15 is 0 Å². The van der Waals surface area contributed by atoms with E-state index in [1.807, 2.05) is 12.1 Å². The maximum absolute atomic E-state index is 5.26. The van der Waals surface area contributed by atoms with E-state index in [0.717, 1.165) is 33.6 Å². The summed E-state index contributed by atoms with van der Waals surface area (Å²) in [5.41, 5.74) is 7.72. The first-order valence-corrected chi connectivity index (χ1v) is 9.35. The molecule has 0 radical (unpaired) electrons. The summed E-state index contributed by atoms with van der Waals surface area (Å²) < 4.78 is 5.26. The number of pyridine rings is 1. The van der Waals surface area contributed by atoms with Crippen LogP contribution < -0.4 is 4.74 Å². The van der Waals surface area contributed by atoms with Crippen LogP contribution in [0.1, 0.15) is 5.56 Å². The number of hydrogen-bond acceptors (Lipinski definition) is 2. The second-order valence-electron chi connectivity index (χ2n) is 7.07. The number of methoxy groups -OCH3 is 1. The summed E-state index contributed by atoms with van der Waals surface area (Å²) in [6.45, 7) is 2.10. The lowest BCUT2D eigenvalue weighted by Crippen LogP contribution is -1.84. The molecule has 0 saturated heterocycles. The van der Waals surface area contributed by atoms with Gasteiger partial charge < -0.3 is 9.72 Å². The van der Waals surface area contributed by atoms with E-state index in [0.29, 0.717) is 0 Å². The minimum absolute atomic E-state index is 0.866. The van der Waals surface area contributed by atoms with E-state index in [4.69, 9.17) is 9.72 Å². The third kappa shape index (κ3) is 2.81. The number of aromatic nitrogens is 2. The lowest BCUT2D eigenvalue weighted by molar-refractivity contribution is 0.415. The molecule has 3 aromatic carbocycles. The molecule has 0 saturated carbocycles. The van der Waals surface area contributed by atoms with Crippen molar-refractivity contribution in [3.8, 4) is 28.1 Å². The summed E-state index contributed by atoms with van der Waals surface area (Å²) in [5, 5.41) is 2.33. The number of fused-ring (bicyclic) bond motifs is 3. The summed E-state index contributed by atoms with van der Waals surface area (Å²) >= 11 is 0. The Kier molecular flexibility index (Phi) is 3.87. The topological polar surface area (TPSA) is 37.9 Å². The van der Waals surface area contributed by atoms with Crippen LogP contribution >= 0.6 is 0 Å². The molecular weight excluding hydrogens is 344 g/mol. The van der Waals surface area contributed by atoms with Crippen molar-refractivity contribution in [1.82, 2.24) is 9.97 Å². The predicted octanol–water partition coefficient (Wildman–Crippen LogP) is 6.37. The van der Waals surface area contributed by atoms with Crippen LogP contribution in [0.25, 0.3) is 44.3 Å². The number of nitrogens with one attached hydrogen (secondary N) is 1. The Morgan fingerprint density at radius 3 is 2.18 bits per heavy atom. The zero-order chi connectivity index (χ0) is 19.1. The fourth-order valence-electron chi connectivity index (χ4n) is 3.62. The number of H-pyrrole nitrogens is 1. The third-order valence-electron chi connectivity index (χ3n) is 5.23. The Bertz CT molecular complexity index is 1280. The van der Waals surface area contributed by atoms with Crippen molar-refractivity contribution >= 4 is 21.9 Å². The first-order valence-electron chi connectivity index (χ1n) is 9.35. The molecule has 136 valence electrons. The van der Waals surface area contributed by atoms with Gasteiger partial charge in [0.05, 0.1) is 12.8 Å². The van der Waals surface area contributed by atoms with Crippen LogP contribution in [0.2, 0.25) is 0 Å². The van der Waals surface area contributed by atoms with E-state index < -0.39 is 0 Å². The molecule has 5 rings (SSSR count). The minimum Gasteiger partial charge on any atom is -0.497 e. The fourth-order valence-corrected chi connectivity index (χ4v) is 3.62. The first-order chi connectivity index (χ1) is 13.7. The first kappa shape index (κ1) is 16.6. The van der Waals surface area contributed by atoms with Gasteiger partial charge in [-0.3, -0.25) is 0 Å². The zero-order valence-corrected chi connectivity index (χ0v) is 15.9. The van der Waals surface area contributed by atoms with Gasteiger partial charge in [-0.05, 0) is 54.4 Å². The predicted molar refractivity (Wildman–Crippen MR) is 116 cm³/mol. The molecule has 2 aromatic heterocycles. The largest absolute Gasteiger partial charge is 0.497 e. The molecule has 0 aliphatic rings. The molecule has 0 bridgehead atoms. The minimum atomic E-state index is 0.866. The normalized spacial score (nSPS) is 11.2. The van der Waals surface area contributed by atoms with Crippen LogP contribution in [-0.2, 0) is 0 Å². The second kappa shape index (κ2) is 6.54. The van der Waals surface area contributed by atoms with Gasteiger partial charge in [0.1, 0.15) is 11.4 Å². The molecule has 0 aliphatic carbocycles. The Balaban J connectivity index is 1.60. The van der Waals surface area contributed by atoms with E-state index in [-0.39, 0.29) is 0 Å². The van der Waals surface area contributed by atoms with Crippen LogP contribution in [-0.4, -0.2) is 17.1 Å². The average molecular weight is 364 g/mol. The van der Waals surface area contributed by atoms with Crippen molar-refractivity contribution in [2.45, 2.75) is 6.92 Å². The van der Waals surface area contributed by atoms with Gasteiger partial charge in [-0.2, -0.15) is 0 Å². The van der Waals surface area contributed by atoms with Gasteiger partial charge >= 0.3 is 0 Å². The van der Waals surface area contributed by atoms with Gasteiger partial charge in [-0.1, -0.05) is 48.0 Å². The number of benzene rings is 3. The van der Waals surface area contributed by atoms with Crippen molar-refractivity contribution in [3.63, 3.8) is 0 Å². The van der Waals surface area contributed by atoms with Crippen LogP contribution in [0, 0.1) is 6.92 Å². The summed E-state index contributed by atoms with van der Waals surface area (Å²) in [6.07, 6.45) is 0. The van der Waals surface area contributed by atoms with Crippen molar-refractivity contribution in [2.24, 2.45) is 0 Å². The molecule has 0 fully saturated rings. The molecule has 0 unspecified atom stereocenters. The van der Waals surface area contributed by atoms with Gasteiger partial charge in [0, 0.05) is 21.9 Å². The molecular formula is C25H20N2O. The Labute approximate surface area is 163 Å². The number of hydrogen-bond donors (Lipinski definition) is 1. The molecule has 3 nitrogen and oxygen atoms in total. The van der Waals surface area contributed by atoms with Gasteiger partial charge in [0.2, 0.25) is 0 Å². The van der Waals surface area contributed by atoms with Crippen LogP contribution in [0.15, 0.2) is 78.9 Å². The van der Waals surface area contributed by atoms with Crippen LogP contribution in [0.5, 0.6) is 5.75 Å². The molecule has 5 aromatic rings. The lowest BCUT2D eigenvalue weighted by atomic mass is 10.0. The molecule has 0 amide bonds. The molecule has 3 heteroatoms. The third-order valence-corrected chi connectivity index (χ3v) is 5.23. The molecule has 1 N–H and O–H groups in total. The molecule has 28 heavy (non-hydrogen) atoms.